The fourth-order valence-electron chi connectivity index (χ4n) is 0.660. The number of carbonyl (C=O) groups is 1. The summed E-state index contributed by atoms with van der Waals surface area (Å²) < 4.78 is 9.77. The van der Waals surface area contributed by atoms with Crippen molar-refractivity contribution in [3.63, 3.8) is 0 Å². The summed E-state index contributed by atoms with van der Waals surface area (Å²) >= 11 is 1.17. The number of esters is 1. The lowest BCUT2D eigenvalue weighted by molar-refractivity contribution is -0.139. The van der Waals surface area contributed by atoms with Crippen molar-refractivity contribution in [2.24, 2.45) is 0 Å². The summed E-state index contributed by atoms with van der Waals surface area (Å²) in [6, 6.07) is 0. The second-order valence-corrected chi connectivity index (χ2v) is 3.11. The van der Waals surface area contributed by atoms with E-state index in [0.717, 1.165) is 0 Å². The van der Waals surface area contributed by atoms with Crippen LogP contribution in [0.25, 0.3) is 0 Å². The molecule has 1 heterocycles. The molecule has 0 aliphatic heterocycles. The topological polar surface area (TPSA) is 65.2 Å². The van der Waals surface area contributed by atoms with Gasteiger partial charge in [-0.3, -0.25) is 4.79 Å². The highest BCUT2D eigenvalue weighted by Crippen LogP contribution is 2.15. The van der Waals surface area contributed by atoms with Gasteiger partial charge in [-0.05, 0) is 6.92 Å². The Morgan fingerprint density at radius 1 is 1.62 bits per heavy atom. The average Bonchev–Trinajstić information content (AvgIpc) is 2.49. The first kappa shape index (κ1) is 10.0. The Morgan fingerprint density at radius 2 is 2.38 bits per heavy atom. The van der Waals surface area contributed by atoms with E-state index in [0.29, 0.717) is 17.7 Å². The van der Waals surface area contributed by atoms with E-state index in [-0.39, 0.29) is 11.7 Å². The summed E-state index contributed by atoms with van der Waals surface area (Å²) in [6.07, 6.45) is 0. The van der Waals surface area contributed by atoms with Gasteiger partial charge in [0.25, 0.3) is 5.22 Å². The van der Waals surface area contributed by atoms with Crippen LogP contribution < -0.4 is 0 Å². The lowest BCUT2D eigenvalue weighted by Crippen LogP contribution is -2.06. The first-order valence-corrected chi connectivity index (χ1v) is 4.79. The predicted octanol–water partition coefficient (Wildman–Crippen LogP) is 1.03. The highest BCUT2D eigenvalue weighted by atomic mass is 32.2. The van der Waals surface area contributed by atoms with Crippen LogP contribution in [0.15, 0.2) is 9.64 Å². The van der Waals surface area contributed by atoms with Crippen LogP contribution in [0.3, 0.4) is 0 Å². The zero-order valence-electron chi connectivity index (χ0n) is 7.44. The highest BCUT2D eigenvalue weighted by Gasteiger charge is 2.07. The van der Waals surface area contributed by atoms with Gasteiger partial charge < -0.3 is 9.15 Å². The minimum Gasteiger partial charge on any atom is -0.465 e. The van der Waals surface area contributed by atoms with E-state index in [1.54, 1.807) is 13.8 Å². The van der Waals surface area contributed by atoms with Crippen LogP contribution in [0.1, 0.15) is 12.8 Å². The third kappa shape index (κ3) is 3.45. The number of hydrogen-bond donors (Lipinski definition) is 0. The summed E-state index contributed by atoms with van der Waals surface area (Å²) in [6.45, 7) is 3.85. The number of rotatable bonds is 4. The van der Waals surface area contributed by atoms with Crippen LogP contribution in [0.5, 0.6) is 0 Å². The van der Waals surface area contributed by atoms with Crippen LogP contribution in [0.4, 0.5) is 0 Å². The minimum absolute atomic E-state index is 0.204. The predicted molar refractivity (Wildman–Crippen MR) is 46.4 cm³/mol. The molecule has 1 aromatic heterocycles. The van der Waals surface area contributed by atoms with Gasteiger partial charge in [0.2, 0.25) is 5.89 Å². The van der Waals surface area contributed by atoms with Gasteiger partial charge in [-0.2, -0.15) is 0 Å². The summed E-state index contributed by atoms with van der Waals surface area (Å²) in [5.41, 5.74) is 0. The normalized spacial score (nSPS) is 10.0. The van der Waals surface area contributed by atoms with Crippen LogP contribution >= 0.6 is 11.8 Å². The molecule has 0 N–H and O–H groups in total. The maximum absolute atomic E-state index is 10.9. The second-order valence-electron chi connectivity index (χ2n) is 2.18. The van der Waals surface area contributed by atoms with Crippen molar-refractivity contribution in [3.05, 3.63) is 5.89 Å². The van der Waals surface area contributed by atoms with Crippen molar-refractivity contribution in [2.45, 2.75) is 19.1 Å². The molecule has 0 unspecified atom stereocenters. The molecule has 72 valence electrons. The van der Waals surface area contributed by atoms with Crippen molar-refractivity contribution in [3.8, 4) is 0 Å². The summed E-state index contributed by atoms with van der Waals surface area (Å²) in [4.78, 5) is 10.9. The molecule has 0 fully saturated rings. The van der Waals surface area contributed by atoms with Crippen LogP contribution in [0.2, 0.25) is 0 Å². The molecule has 0 saturated carbocycles. The Morgan fingerprint density at radius 3 is 2.92 bits per heavy atom. The van der Waals surface area contributed by atoms with Crippen molar-refractivity contribution in [1.82, 2.24) is 10.2 Å². The van der Waals surface area contributed by atoms with Gasteiger partial charge in [-0.25, -0.2) is 0 Å². The zero-order chi connectivity index (χ0) is 9.68. The Labute approximate surface area is 79.9 Å². The van der Waals surface area contributed by atoms with Gasteiger partial charge in [0, 0.05) is 6.92 Å². The van der Waals surface area contributed by atoms with Crippen LogP contribution in [0, 0.1) is 6.92 Å². The zero-order valence-corrected chi connectivity index (χ0v) is 8.26. The smallest absolute Gasteiger partial charge is 0.316 e. The van der Waals surface area contributed by atoms with Crippen molar-refractivity contribution in [2.75, 3.05) is 12.4 Å². The average molecular weight is 202 g/mol. The van der Waals surface area contributed by atoms with Crippen LogP contribution in [-0.4, -0.2) is 28.5 Å². The molecule has 0 radical (unpaired) electrons. The summed E-state index contributed by atoms with van der Waals surface area (Å²) in [5, 5.41) is 7.73. The minimum atomic E-state index is -0.275. The molecule has 0 atom stereocenters. The highest BCUT2D eigenvalue weighted by molar-refractivity contribution is 7.99. The molecule has 0 spiro atoms. The molecule has 1 aromatic rings. The monoisotopic (exact) mass is 202 g/mol. The number of hydrogen-bond acceptors (Lipinski definition) is 6. The molecular formula is C7H10N2O3S. The van der Waals surface area contributed by atoms with Gasteiger partial charge in [0.05, 0.1) is 6.61 Å². The Bertz CT molecular complexity index is 287. The Balaban J connectivity index is 2.30. The van der Waals surface area contributed by atoms with E-state index in [1.807, 2.05) is 0 Å². The number of aromatic nitrogens is 2. The first-order chi connectivity index (χ1) is 6.22. The molecular weight excluding hydrogens is 192 g/mol. The number of thioether (sulfide) groups is 1. The van der Waals surface area contributed by atoms with E-state index in [4.69, 9.17) is 9.15 Å². The third-order valence-corrected chi connectivity index (χ3v) is 1.92. The summed E-state index contributed by atoms with van der Waals surface area (Å²) in [5.74, 6) is 0.421. The summed E-state index contributed by atoms with van der Waals surface area (Å²) in [7, 11) is 0. The van der Waals surface area contributed by atoms with E-state index in [1.165, 1.54) is 11.8 Å². The maximum atomic E-state index is 10.9. The van der Waals surface area contributed by atoms with Gasteiger partial charge in [-0.1, -0.05) is 11.8 Å². The lowest BCUT2D eigenvalue weighted by atomic mass is 10.8. The molecule has 1 rings (SSSR count). The molecule has 0 aliphatic carbocycles. The third-order valence-electron chi connectivity index (χ3n) is 1.13. The molecule has 6 heteroatoms. The van der Waals surface area contributed by atoms with Gasteiger partial charge in [0.15, 0.2) is 0 Å². The van der Waals surface area contributed by atoms with E-state index in [2.05, 4.69) is 10.2 Å². The maximum Gasteiger partial charge on any atom is 0.316 e. The molecule has 13 heavy (non-hydrogen) atoms. The van der Waals surface area contributed by atoms with Gasteiger partial charge in [-0.15, -0.1) is 10.2 Å². The van der Waals surface area contributed by atoms with E-state index >= 15 is 0 Å². The molecule has 5 nitrogen and oxygen atoms in total. The quantitative estimate of drug-likeness (QED) is 0.536. The lowest BCUT2D eigenvalue weighted by Gasteiger charge is -1.97. The molecule has 0 aliphatic rings. The van der Waals surface area contributed by atoms with Crippen molar-refractivity contribution < 1.29 is 13.9 Å². The molecule has 0 bridgehead atoms. The number of ether oxygens (including phenoxy) is 1. The molecule has 0 saturated heterocycles. The van der Waals surface area contributed by atoms with Crippen LogP contribution in [-0.2, 0) is 9.53 Å². The SMILES string of the molecule is CCOC(=O)CSc1nnc(C)o1. The first-order valence-electron chi connectivity index (χ1n) is 3.81. The largest absolute Gasteiger partial charge is 0.465 e. The van der Waals surface area contributed by atoms with Crippen molar-refractivity contribution >= 4 is 17.7 Å². The van der Waals surface area contributed by atoms with Gasteiger partial charge in [0.1, 0.15) is 5.75 Å². The van der Waals surface area contributed by atoms with E-state index in [9.17, 15) is 4.79 Å². The standard InChI is InChI=1S/C7H10N2O3S/c1-3-11-6(10)4-13-7-9-8-5(2)12-7/h3-4H2,1-2H3. The fraction of sp³-hybridized carbons (Fsp3) is 0.571. The fourth-order valence-corrected chi connectivity index (χ4v) is 1.26. The Kier molecular flexibility index (Phi) is 3.75. The number of aryl methyl sites for hydroxylation is 1. The molecule has 0 amide bonds. The van der Waals surface area contributed by atoms with Gasteiger partial charge >= 0.3 is 5.97 Å². The second kappa shape index (κ2) is 4.86. The number of carbonyl (C=O) groups excluding carboxylic acids is 1. The molecule has 0 aromatic carbocycles. The van der Waals surface area contributed by atoms with Crippen molar-refractivity contribution in [1.29, 1.82) is 0 Å². The Hall–Kier alpha value is -1.04. The van der Waals surface area contributed by atoms with E-state index < -0.39 is 0 Å². The number of nitrogens with zero attached hydrogens (tertiary/aromatic N) is 2.